The van der Waals surface area contributed by atoms with Crippen LogP contribution in [0.4, 0.5) is 0 Å². The lowest BCUT2D eigenvalue weighted by Gasteiger charge is -2.28. The summed E-state index contributed by atoms with van der Waals surface area (Å²) in [5, 5.41) is 0. The second kappa shape index (κ2) is 7.51. The molecule has 1 heterocycles. The van der Waals surface area contributed by atoms with Gasteiger partial charge in [0.15, 0.2) is 0 Å². The molecule has 0 amide bonds. The Hall–Kier alpha value is -1.69. The average Bonchev–Trinajstić information content (AvgIpc) is 3.42. The summed E-state index contributed by atoms with van der Waals surface area (Å²) >= 11 is 0. The first-order valence-electron chi connectivity index (χ1n) is 9.37. The molecule has 4 rings (SSSR count). The van der Waals surface area contributed by atoms with Crippen molar-refractivity contribution in [2.24, 2.45) is 5.92 Å². The molecule has 0 spiro atoms. The standard InChI is InChI=1S/C21H25NO3S/c23-26(24,19-9-5-2-6-10-19)22-14-13-21(25-16-18-11-12-18)20(22)15-17-7-3-1-4-8-17/h1-10,18,20-21H,11-16H2/t20-,21+/m0/s1. The second-order valence-electron chi connectivity index (χ2n) is 7.29. The molecule has 0 N–H and O–H groups in total. The van der Waals surface area contributed by atoms with E-state index in [2.05, 4.69) is 12.1 Å². The van der Waals surface area contributed by atoms with E-state index < -0.39 is 10.0 Å². The van der Waals surface area contributed by atoms with Crippen molar-refractivity contribution >= 4 is 10.0 Å². The highest BCUT2D eigenvalue weighted by Crippen LogP contribution is 2.34. The fraction of sp³-hybridized carbons (Fsp3) is 0.429. The zero-order chi connectivity index (χ0) is 18.0. The minimum Gasteiger partial charge on any atom is -0.376 e. The maximum Gasteiger partial charge on any atom is 0.243 e. The molecule has 0 bridgehead atoms. The lowest BCUT2D eigenvalue weighted by molar-refractivity contribution is 0.0305. The van der Waals surface area contributed by atoms with Gasteiger partial charge in [0.25, 0.3) is 0 Å². The summed E-state index contributed by atoms with van der Waals surface area (Å²) in [6.45, 7) is 1.28. The summed E-state index contributed by atoms with van der Waals surface area (Å²) in [4.78, 5) is 0.362. The Morgan fingerprint density at radius 1 is 0.923 bits per heavy atom. The summed E-state index contributed by atoms with van der Waals surface area (Å²) < 4.78 is 34.2. The summed E-state index contributed by atoms with van der Waals surface area (Å²) in [5.41, 5.74) is 1.15. The van der Waals surface area contributed by atoms with Crippen molar-refractivity contribution in [1.29, 1.82) is 0 Å². The van der Waals surface area contributed by atoms with Gasteiger partial charge in [0.2, 0.25) is 10.0 Å². The summed E-state index contributed by atoms with van der Waals surface area (Å²) in [7, 11) is -3.51. The van der Waals surface area contributed by atoms with Gasteiger partial charge >= 0.3 is 0 Å². The average molecular weight is 372 g/mol. The minimum atomic E-state index is -3.51. The molecule has 4 nitrogen and oxygen atoms in total. The number of nitrogens with zero attached hydrogens (tertiary/aromatic N) is 1. The van der Waals surface area contributed by atoms with Gasteiger partial charge in [-0.15, -0.1) is 0 Å². The molecule has 2 atom stereocenters. The van der Waals surface area contributed by atoms with Crippen LogP contribution in [-0.4, -0.2) is 38.0 Å². The molecule has 1 saturated carbocycles. The topological polar surface area (TPSA) is 46.6 Å². The number of benzene rings is 2. The SMILES string of the molecule is O=S(=O)(c1ccccc1)N1CC[C@@H](OCC2CC2)[C@@H]1Cc1ccccc1. The van der Waals surface area contributed by atoms with Crippen LogP contribution in [0.1, 0.15) is 24.8 Å². The number of rotatable bonds is 7. The first-order valence-corrected chi connectivity index (χ1v) is 10.8. The van der Waals surface area contributed by atoms with Gasteiger partial charge in [-0.05, 0) is 49.3 Å². The van der Waals surface area contributed by atoms with Crippen molar-refractivity contribution < 1.29 is 13.2 Å². The molecule has 1 aliphatic carbocycles. The molecule has 2 fully saturated rings. The van der Waals surface area contributed by atoms with Gasteiger partial charge in [-0.2, -0.15) is 4.31 Å². The first kappa shape index (κ1) is 17.7. The molecule has 0 radical (unpaired) electrons. The van der Waals surface area contributed by atoms with Crippen LogP contribution in [0.3, 0.4) is 0 Å². The Labute approximate surface area is 155 Å². The normalized spacial score (nSPS) is 24.0. The second-order valence-corrected chi connectivity index (χ2v) is 9.18. The summed E-state index contributed by atoms with van der Waals surface area (Å²) in [5.74, 6) is 0.673. The van der Waals surface area contributed by atoms with Crippen molar-refractivity contribution in [1.82, 2.24) is 4.31 Å². The Morgan fingerprint density at radius 3 is 2.23 bits per heavy atom. The van der Waals surface area contributed by atoms with Crippen molar-refractivity contribution in [3.05, 3.63) is 66.2 Å². The van der Waals surface area contributed by atoms with Crippen molar-refractivity contribution in [2.75, 3.05) is 13.2 Å². The molecule has 138 valence electrons. The van der Waals surface area contributed by atoms with Gasteiger partial charge in [0.05, 0.1) is 17.0 Å². The van der Waals surface area contributed by atoms with Crippen LogP contribution in [0.2, 0.25) is 0 Å². The Morgan fingerprint density at radius 2 is 1.58 bits per heavy atom. The third-order valence-corrected chi connectivity index (χ3v) is 7.25. The lowest BCUT2D eigenvalue weighted by Crippen LogP contribution is -2.42. The predicted octanol–water partition coefficient (Wildman–Crippen LogP) is 3.49. The lowest BCUT2D eigenvalue weighted by atomic mass is 10.0. The van der Waals surface area contributed by atoms with Crippen molar-refractivity contribution in [3.8, 4) is 0 Å². The molecule has 0 unspecified atom stereocenters. The fourth-order valence-electron chi connectivity index (χ4n) is 3.65. The Kier molecular flexibility index (Phi) is 5.11. The third-order valence-electron chi connectivity index (χ3n) is 5.31. The highest BCUT2D eigenvalue weighted by Gasteiger charge is 2.42. The van der Waals surface area contributed by atoms with E-state index in [9.17, 15) is 8.42 Å². The van der Waals surface area contributed by atoms with Gasteiger partial charge in [0, 0.05) is 13.2 Å². The number of sulfonamides is 1. The fourth-order valence-corrected chi connectivity index (χ4v) is 5.34. The van der Waals surface area contributed by atoms with Crippen LogP contribution in [0.5, 0.6) is 0 Å². The zero-order valence-electron chi connectivity index (χ0n) is 14.8. The number of hydrogen-bond acceptors (Lipinski definition) is 3. The first-order chi connectivity index (χ1) is 12.6. The van der Waals surface area contributed by atoms with Gasteiger partial charge < -0.3 is 4.74 Å². The van der Waals surface area contributed by atoms with Crippen molar-refractivity contribution in [3.63, 3.8) is 0 Å². The van der Waals surface area contributed by atoms with Crippen LogP contribution in [-0.2, 0) is 21.2 Å². The molecular formula is C21H25NO3S. The van der Waals surface area contributed by atoms with E-state index in [1.54, 1.807) is 28.6 Å². The Balaban J connectivity index is 1.59. The van der Waals surface area contributed by atoms with Crippen LogP contribution in [0.25, 0.3) is 0 Å². The van der Waals surface area contributed by atoms with Gasteiger partial charge in [-0.1, -0.05) is 48.5 Å². The van der Waals surface area contributed by atoms with Gasteiger partial charge in [-0.3, -0.25) is 0 Å². The highest BCUT2D eigenvalue weighted by atomic mass is 32.2. The van der Waals surface area contributed by atoms with Crippen LogP contribution in [0, 0.1) is 5.92 Å². The molecule has 26 heavy (non-hydrogen) atoms. The predicted molar refractivity (Wildman–Crippen MR) is 101 cm³/mol. The molecule has 2 aromatic rings. The molecule has 5 heteroatoms. The van der Waals surface area contributed by atoms with E-state index in [0.29, 0.717) is 23.8 Å². The molecule has 0 aromatic heterocycles. The number of ether oxygens (including phenoxy) is 1. The monoisotopic (exact) mass is 371 g/mol. The largest absolute Gasteiger partial charge is 0.376 e. The van der Waals surface area contributed by atoms with E-state index in [4.69, 9.17) is 4.74 Å². The van der Waals surface area contributed by atoms with Crippen LogP contribution >= 0.6 is 0 Å². The molecule has 2 aromatic carbocycles. The van der Waals surface area contributed by atoms with Crippen LogP contribution in [0.15, 0.2) is 65.6 Å². The molecule has 1 aliphatic heterocycles. The van der Waals surface area contributed by atoms with Gasteiger partial charge in [0.1, 0.15) is 0 Å². The van der Waals surface area contributed by atoms with Gasteiger partial charge in [-0.25, -0.2) is 8.42 Å². The maximum absolute atomic E-state index is 13.2. The highest BCUT2D eigenvalue weighted by molar-refractivity contribution is 7.89. The van der Waals surface area contributed by atoms with E-state index >= 15 is 0 Å². The third kappa shape index (κ3) is 3.85. The van der Waals surface area contributed by atoms with Crippen molar-refractivity contribution in [2.45, 2.75) is 42.7 Å². The molecule has 1 saturated heterocycles. The number of hydrogen-bond donors (Lipinski definition) is 0. The quantitative estimate of drug-likeness (QED) is 0.748. The maximum atomic E-state index is 13.2. The Bertz CT molecular complexity index is 819. The molecular weight excluding hydrogens is 346 g/mol. The molecule has 2 aliphatic rings. The van der Waals surface area contributed by atoms with E-state index in [1.165, 1.54) is 12.8 Å². The minimum absolute atomic E-state index is 0.0331. The van der Waals surface area contributed by atoms with E-state index in [-0.39, 0.29) is 12.1 Å². The van der Waals surface area contributed by atoms with E-state index in [0.717, 1.165) is 18.6 Å². The van der Waals surface area contributed by atoms with E-state index in [1.807, 2.05) is 24.3 Å². The summed E-state index contributed by atoms with van der Waals surface area (Å²) in [6, 6.07) is 18.7. The van der Waals surface area contributed by atoms with Crippen LogP contribution < -0.4 is 0 Å². The zero-order valence-corrected chi connectivity index (χ0v) is 15.6. The summed E-state index contributed by atoms with van der Waals surface area (Å²) in [6.07, 6.45) is 3.89. The smallest absolute Gasteiger partial charge is 0.243 e.